The first-order valence-electron chi connectivity index (χ1n) is 9.09. The van der Waals surface area contributed by atoms with Crippen molar-refractivity contribution in [3.63, 3.8) is 0 Å². The molecule has 0 radical (unpaired) electrons. The lowest BCUT2D eigenvalue weighted by atomic mass is 9.86. The van der Waals surface area contributed by atoms with E-state index in [0.29, 0.717) is 6.54 Å². The Morgan fingerprint density at radius 3 is 2.44 bits per heavy atom. The Labute approximate surface area is 157 Å². The summed E-state index contributed by atoms with van der Waals surface area (Å²) in [5, 5.41) is 16.6. The van der Waals surface area contributed by atoms with Crippen molar-refractivity contribution in [1.29, 1.82) is 0 Å². The molecule has 1 saturated carbocycles. The summed E-state index contributed by atoms with van der Waals surface area (Å²) in [5.41, 5.74) is 2.45. The van der Waals surface area contributed by atoms with E-state index in [0.717, 1.165) is 37.9 Å². The fourth-order valence-electron chi connectivity index (χ4n) is 3.84. The maximum Gasteiger partial charge on any atom is 0.223 e. The number of aliphatic hydroxyl groups excluding tert-OH is 1. The molecule has 25 heavy (non-hydrogen) atoms. The molecule has 0 bridgehead atoms. The molecule has 140 valence electrons. The maximum absolute atomic E-state index is 12.4. The predicted molar refractivity (Wildman–Crippen MR) is 103 cm³/mol. The van der Waals surface area contributed by atoms with Gasteiger partial charge in [0.25, 0.3) is 0 Å². The molecular formula is C20H31ClN2O2. The van der Waals surface area contributed by atoms with E-state index >= 15 is 0 Å². The number of hydrogen-bond donors (Lipinski definition) is 3. The molecule has 3 N–H and O–H groups in total. The number of hydrogen-bond acceptors (Lipinski definition) is 3. The van der Waals surface area contributed by atoms with Crippen molar-refractivity contribution in [3.8, 4) is 0 Å². The maximum atomic E-state index is 12.4. The second-order valence-corrected chi connectivity index (χ2v) is 8.50. The number of rotatable bonds is 4. The van der Waals surface area contributed by atoms with Crippen LogP contribution in [-0.4, -0.2) is 30.6 Å². The molecular weight excluding hydrogens is 336 g/mol. The van der Waals surface area contributed by atoms with E-state index in [1.165, 1.54) is 5.56 Å². The third-order valence-corrected chi connectivity index (χ3v) is 5.74. The summed E-state index contributed by atoms with van der Waals surface area (Å²) in [6, 6.07) is 8.04. The largest absolute Gasteiger partial charge is 0.387 e. The van der Waals surface area contributed by atoms with Crippen molar-refractivity contribution in [1.82, 2.24) is 10.6 Å². The van der Waals surface area contributed by atoms with Crippen molar-refractivity contribution in [2.75, 3.05) is 19.6 Å². The summed E-state index contributed by atoms with van der Waals surface area (Å²) in [6.45, 7) is 8.85. The molecule has 1 aliphatic heterocycles. The lowest BCUT2D eigenvalue weighted by molar-refractivity contribution is -0.123. The molecule has 1 aliphatic carbocycles. The van der Waals surface area contributed by atoms with E-state index in [-0.39, 0.29) is 35.1 Å². The molecule has 1 amide bonds. The average molecular weight is 367 g/mol. The number of carbonyl (C=O) groups is 1. The van der Waals surface area contributed by atoms with E-state index in [1.54, 1.807) is 0 Å². The monoisotopic (exact) mass is 366 g/mol. The zero-order chi connectivity index (χ0) is 17.4. The number of aliphatic hydroxyl groups is 1. The number of carbonyl (C=O) groups excluding carboxylic acids is 1. The highest BCUT2D eigenvalue weighted by Crippen LogP contribution is 2.58. The minimum atomic E-state index is -0.648. The van der Waals surface area contributed by atoms with Crippen molar-refractivity contribution >= 4 is 18.3 Å². The second kappa shape index (κ2) is 7.65. The van der Waals surface area contributed by atoms with Gasteiger partial charge in [0.1, 0.15) is 0 Å². The van der Waals surface area contributed by atoms with E-state index in [4.69, 9.17) is 0 Å². The SMILES string of the molecule is CC(C)(C)c1ccc(C(O)CNC(=O)C2CC23CCNCC3)cc1.Cl. The van der Waals surface area contributed by atoms with Crippen LogP contribution in [0, 0.1) is 11.3 Å². The van der Waals surface area contributed by atoms with E-state index in [2.05, 4.69) is 43.5 Å². The molecule has 2 fully saturated rings. The van der Waals surface area contributed by atoms with Gasteiger partial charge in [-0.05, 0) is 54.3 Å². The first kappa shape index (κ1) is 20.2. The molecule has 4 nitrogen and oxygen atoms in total. The third kappa shape index (κ3) is 4.55. The van der Waals surface area contributed by atoms with Crippen molar-refractivity contribution < 1.29 is 9.90 Å². The van der Waals surface area contributed by atoms with Gasteiger partial charge in [0.05, 0.1) is 6.10 Å². The van der Waals surface area contributed by atoms with Crippen LogP contribution in [0.15, 0.2) is 24.3 Å². The molecule has 1 saturated heterocycles. The summed E-state index contributed by atoms with van der Waals surface area (Å²) in [5.74, 6) is 0.261. The Bertz CT molecular complexity index is 589. The van der Waals surface area contributed by atoms with Crippen LogP contribution in [0.25, 0.3) is 0 Å². The van der Waals surface area contributed by atoms with E-state index < -0.39 is 6.10 Å². The Kier molecular flexibility index (Phi) is 6.18. The van der Waals surface area contributed by atoms with Gasteiger partial charge in [-0.25, -0.2) is 0 Å². The molecule has 3 rings (SSSR count). The summed E-state index contributed by atoms with van der Waals surface area (Å²) in [7, 11) is 0. The van der Waals surface area contributed by atoms with Crippen LogP contribution in [0.4, 0.5) is 0 Å². The van der Waals surface area contributed by atoms with Gasteiger partial charge in [-0.1, -0.05) is 45.0 Å². The third-order valence-electron chi connectivity index (χ3n) is 5.74. The van der Waals surface area contributed by atoms with Crippen molar-refractivity contribution in [2.24, 2.45) is 11.3 Å². The summed E-state index contributed by atoms with van der Waals surface area (Å²) in [6.07, 6.45) is 2.56. The highest BCUT2D eigenvalue weighted by Gasteiger charge is 2.57. The summed E-state index contributed by atoms with van der Waals surface area (Å²) < 4.78 is 0. The number of amides is 1. The van der Waals surface area contributed by atoms with E-state index in [9.17, 15) is 9.90 Å². The number of nitrogens with one attached hydrogen (secondary N) is 2. The molecule has 1 aromatic carbocycles. The van der Waals surface area contributed by atoms with Gasteiger partial charge in [0.15, 0.2) is 0 Å². The van der Waals surface area contributed by atoms with Crippen LogP contribution in [0.5, 0.6) is 0 Å². The average Bonchev–Trinajstić information content (AvgIpc) is 3.25. The van der Waals surface area contributed by atoms with Crippen LogP contribution >= 0.6 is 12.4 Å². The molecule has 0 aromatic heterocycles. The molecule has 5 heteroatoms. The fraction of sp³-hybridized carbons (Fsp3) is 0.650. The molecule has 2 unspecified atom stereocenters. The minimum Gasteiger partial charge on any atom is -0.387 e. The smallest absolute Gasteiger partial charge is 0.223 e. The Balaban J connectivity index is 0.00000225. The Morgan fingerprint density at radius 2 is 1.88 bits per heavy atom. The van der Waals surface area contributed by atoms with Crippen LogP contribution in [0.3, 0.4) is 0 Å². The van der Waals surface area contributed by atoms with Gasteiger partial charge >= 0.3 is 0 Å². The number of benzene rings is 1. The number of piperidine rings is 1. The highest BCUT2D eigenvalue weighted by atomic mass is 35.5. The normalized spacial score (nSPS) is 22.8. The van der Waals surface area contributed by atoms with Crippen molar-refractivity contribution in [2.45, 2.75) is 51.6 Å². The van der Waals surface area contributed by atoms with Crippen LogP contribution in [0.2, 0.25) is 0 Å². The quantitative estimate of drug-likeness (QED) is 0.767. The topological polar surface area (TPSA) is 61.4 Å². The standard InChI is InChI=1S/C20H30N2O2.ClH/c1-19(2,3)15-6-4-14(5-7-15)17(23)13-22-18(24)16-12-20(16)8-10-21-11-9-20;/h4-7,16-17,21,23H,8-13H2,1-3H3,(H,22,24);1H. The first-order chi connectivity index (χ1) is 11.3. The number of halogens is 1. The Hall–Kier alpha value is -1.10. The fourth-order valence-corrected chi connectivity index (χ4v) is 3.84. The Morgan fingerprint density at radius 1 is 1.28 bits per heavy atom. The van der Waals surface area contributed by atoms with Gasteiger partial charge in [0.2, 0.25) is 5.91 Å². The molecule has 1 heterocycles. The molecule has 2 aliphatic rings. The zero-order valence-electron chi connectivity index (χ0n) is 15.5. The predicted octanol–water partition coefficient (Wildman–Crippen LogP) is 2.95. The van der Waals surface area contributed by atoms with E-state index in [1.807, 2.05) is 12.1 Å². The highest BCUT2D eigenvalue weighted by molar-refractivity contribution is 5.85. The lowest BCUT2D eigenvalue weighted by Crippen LogP contribution is -2.35. The van der Waals surface area contributed by atoms with Gasteiger partial charge in [-0.3, -0.25) is 4.79 Å². The molecule has 1 spiro atoms. The summed E-state index contributed by atoms with van der Waals surface area (Å²) in [4.78, 5) is 12.4. The minimum absolute atomic E-state index is 0. The van der Waals surface area contributed by atoms with Crippen molar-refractivity contribution in [3.05, 3.63) is 35.4 Å². The zero-order valence-corrected chi connectivity index (χ0v) is 16.3. The van der Waals surface area contributed by atoms with Gasteiger partial charge in [0, 0.05) is 12.5 Å². The van der Waals surface area contributed by atoms with Gasteiger partial charge in [-0.2, -0.15) is 0 Å². The van der Waals surface area contributed by atoms with Crippen LogP contribution in [-0.2, 0) is 10.2 Å². The second-order valence-electron chi connectivity index (χ2n) is 8.50. The van der Waals surface area contributed by atoms with Crippen LogP contribution in [0.1, 0.15) is 57.3 Å². The molecule has 2 atom stereocenters. The van der Waals surface area contributed by atoms with Gasteiger partial charge in [-0.15, -0.1) is 12.4 Å². The van der Waals surface area contributed by atoms with Gasteiger partial charge < -0.3 is 15.7 Å². The first-order valence-corrected chi connectivity index (χ1v) is 9.09. The lowest BCUT2D eigenvalue weighted by Gasteiger charge is -2.23. The van der Waals surface area contributed by atoms with Crippen LogP contribution < -0.4 is 10.6 Å². The summed E-state index contributed by atoms with van der Waals surface area (Å²) >= 11 is 0. The molecule has 1 aromatic rings.